The van der Waals surface area contributed by atoms with Gasteiger partial charge in [0.1, 0.15) is 5.82 Å². The van der Waals surface area contributed by atoms with Crippen LogP contribution in [0.3, 0.4) is 0 Å². The molecule has 2 fully saturated rings. The molecule has 1 aliphatic carbocycles. The lowest BCUT2D eigenvalue weighted by Crippen LogP contribution is -2.28. The molecule has 2 atom stereocenters. The fourth-order valence-corrected chi connectivity index (χ4v) is 4.36. The molecule has 3 heterocycles. The van der Waals surface area contributed by atoms with Crippen LogP contribution in [0.15, 0.2) is 18.5 Å². The zero-order valence-corrected chi connectivity index (χ0v) is 16.8. The molecule has 2 aromatic rings. The van der Waals surface area contributed by atoms with Crippen LogP contribution >= 0.6 is 12.4 Å². The molecule has 0 spiro atoms. The van der Waals surface area contributed by atoms with Gasteiger partial charge < -0.3 is 10.6 Å². The van der Waals surface area contributed by atoms with Crippen molar-refractivity contribution in [3.05, 3.63) is 29.7 Å². The number of anilines is 1. The second-order valence-corrected chi connectivity index (χ2v) is 7.72. The summed E-state index contributed by atoms with van der Waals surface area (Å²) in [4.78, 5) is 12.9. The van der Waals surface area contributed by atoms with E-state index in [9.17, 15) is 4.79 Å². The SMILES string of the molecule is Cl.Cn1cc([C@H]2CNC[C@@H]2C(=O)Nc2cc(C3CCCCC3)nn2C)cn1. The van der Waals surface area contributed by atoms with Gasteiger partial charge in [0.2, 0.25) is 5.91 Å². The minimum atomic E-state index is -0.0905. The van der Waals surface area contributed by atoms with Gasteiger partial charge in [0.15, 0.2) is 0 Å². The number of hydrogen-bond acceptors (Lipinski definition) is 4. The zero-order valence-electron chi connectivity index (χ0n) is 16.0. The van der Waals surface area contributed by atoms with E-state index in [0.717, 1.165) is 23.6 Å². The maximum atomic E-state index is 12.9. The Morgan fingerprint density at radius 2 is 2.00 bits per heavy atom. The average Bonchev–Trinajstić information content (AvgIpc) is 3.36. The molecule has 2 aliphatic rings. The number of nitrogens with zero attached hydrogens (tertiary/aromatic N) is 4. The third-order valence-corrected chi connectivity index (χ3v) is 5.88. The Kier molecular flexibility index (Phi) is 6.22. The Morgan fingerprint density at radius 3 is 2.70 bits per heavy atom. The number of carbonyl (C=O) groups is 1. The lowest BCUT2D eigenvalue weighted by Gasteiger charge is -2.19. The standard InChI is InChI=1S/C19H28N6O.ClH/c1-24-12-14(9-21-24)15-10-20-11-16(15)19(26)22-18-8-17(23-25(18)2)13-6-4-3-5-7-13;/h8-9,12-13,15-16,20H,3-7,10-11H2,1-2H3,(H,22,26);1H/t15-,16+;/m1./s1. The summed E-state index contributed by atoms with van der Waals surface area (Å²) in [6.45, 7) is 1.50. The molecule has 7 nitrogen and oxygen atoms in total. The highest BCUT2D eigenvalue weighted by Gasteiger charge is 2.35. The number of aromatic nitrogens is 4. The first-order chi connectivity index (χ1) is 12.6. The predicted octanol–water partition coefficient (Wildman–Crippen LogP) is 2.56. The summed E-state index contributed by atoms with van der Waals surface area (Å²) in [5.74, 6) is 1.47. The van der Waals surface area contributed by atoms with Crippen molar-refractivity contribution < 1.29 is 4.79 Å². The monoisotopic (exact) mass is 392 g/mol. The smallest absolute Gasteiger partial charge is 0.230 e. The first-order valence-electron chi connectivity index (χ1n) is 9.66. The Morgan fingerprint density at radius 1 is 1.22 bits per heavy atom. The molecule has 0 bridgehead atoms. The average molecular weight is 393 g/mol. The molecule has 0 unspecified atom stereocenters. The molecule has 4 rings (SSSR count). The zero-order chi connectivity index (χ0) is 18.1. The molecule has 1 saturated heterocycles. The molecular weight excluding hydrogens is 364 g/mol. The Labute approximate surface area is 166 Å². The quantitative estimate of drug-likeness (QED) is 0.838. The maximum Gasteiger partial charge on any atom is 0.230 e. The van der Waals surface area contributed by atoms with E-state index in [1.54, 1.807) is 4.68 Å². The summed E-state index contributed by atoms with van der Waals surface area (Å²) >= 11 is 0. The minimum absolute atomic E-state index is 0. The molecule has 0 radical (unpaired) electrons. The number of amides is 1. The summed E-state index contributed by atoms with van der Waals surface area (Å²) in [5, 5.41) is 15.4. The van der Waals surface area contributed by atoms with Crippen molar-refractivity contribution >= 4 is 24.1 Å². The summed E-state index contributed by atoms with van der Waals surface area (Å²) in [6.07, 6.45) is 10.2. The van der Waals surface area contributed by atoms with E-state index >= 15 is 0 Å². The fraction of sp³-hybridized carbons (Fsp3) is 0.632. The number of nitrogens with one attached hydrogen (secondary N) is 2. The topological polar surface area (TPSA) is 76.8 Å². The number of rotatable bonds is 4. The minimum Gasteiger partial charge on any atom is -0.315 e. The molecule has 27 heavy (non-hydrogen) atoms. The molecule has 148 valence electrons. The van der Waals surface area contributed by atoms with Gasteiger partial charge in [-0.3, -0.25) is 14.2 Å². The second kappa shape index (κ2) is 8.44. The van der Waals surface area contributed by atoms with Gasteiger partial charge in [-0.15, -0.1) is 12.4 Å². The summed E-state index contributed by atoms with van der Waals surface area (Å²) < 4.78 is 3.60. The third-order valence-electron chi connectivity index (χ3n) is 5.88. The summed E-state index contributed by atoms with van der Waals surface area (Å²) in [7, 11) is 3.82. The van der Waals surface area contributed by atoms with E-state index in [2.05, 4.69) is 26.9 Å². The first-order valence-corrected chi connectivity index (χ1v) is 9.66. The largest absolute Gasteiger partial charge is 0.315 e. The van der Waals surface area contributed by atoms with Crippen LogP contribution in [0.2, 0.25) is 0 Å². The Hall–Kier alpha value is -1.86. The molecule has 2 aromatic heterocycles. The van der Waals surface area contributed by atoms with Gasteiger partial charge in [-0.25, -0.2) is 0 Å². The van der Waals surface area contributed by atoms with Gasteiger partial charge in [0, 0.05) is 51.3 Å². The van der Waals surface area contributed by atoms with E-state index < -0.39 is 0 Å². The Balaban J connectivity index is 0.00000210. The van der Waals surface area contributed by atoms with Crippen molar-refractivity contribution in [2.24, 2.45) is 20.0 Å². The van der Waals surface area contributed by atoms with Crippen LogP contribution in [-0.2, 0) is 18.9 Å². The van der Waals surface area contributed by atoms with Crippen LogP contribution in [0.5, 0.6) is 0 Å². The molecule has 1 amide bonds. The highest BCUT2D eigenvalue weighted by Crippen LogP contribution is 2.33. The van der Waals surface area contributed by atoms with Crippen molar-refractivity contribution in [1.82, 2.24) is 24.9 Å². The van der Waals surface area contributed by atoms with E-state index in [4.69, 9.17) is 0 Å². The van der Waals surface area contributed by atoms with E-state index in [1.807, 2.05) is 31.2 Å². The molecule has 1 saturated carbocycles. The van der Waals surface area contributed by atoms with E-state index in [-0.39, 0.29) is 30.2 Å². The van der Waals surface area contributed by atoms with Gasteiger partial charge in [0.25, 0.3) is 0 Å². The van der Waals surface area contributed by atoms with Gasteiger partial charge in [0.05, 0.1) is 17.8 Å². The second-order valence-electron chi connectivity index (χ2n) is 7.72. The van der Waals surface area contributed by atoms with Crippen LogP contribution in [0.1, 0.15) is 55.2 Å². The number of carbonyl (C=O) groups excluding carboxylic acids is 1. The van der Waals surface area contributed by atoms with Crippen LogP contribution in [0.4, 0.5) is 5.82 Å². The van der Waals surface area contributed by atoms with Crippen LogP contribution in [-0.4, -0.2) is 38.6 Å². The lowest BCUT2D eigenvalue weighted by molar-refractivity contribution is -0.119. The van der Waals surface area contributed by atoms with Crippen molar-refractivity contribution in [3.8, 4) is 0 Å². The van der Waals surface area contributed by atoms with Crippen molar-refractivity contribution in [2.45, 2.75) is 43.9 Å². The molecule has 8 heteroatoms. The maximum absolute atomic E-state index is 12.9. The molecule has 0 aromatic carbocycles. The van der Waals surface area contributed by atoms with Crippen LogP contribution < -0.4 is 10.6 Å². The normalized spacial score (nSPS) is 23.2. The van der Waals surface area contributed by atoms with Crippen LogP contribution in [0.25, 0.3) is 0 Å². The van der Waals surface area contributed by atoms with Gasteiger partial charge >= 0.3 is 0 Å². The van der Waals surface area contributed by atoms with Crippen molar-refractivity contribution in [3.63, 3.8) is 0 Å². The highest BCUT2D eigenvalue weighted by atomic mass is 35.5. The Bertz CT molecular complexity index is 779. The van der Waals surface area contributed by atoms with Crippen molar-refractivity contribution in [1.29, 1.82) is 0 Å². The number of hydrogen-bond donors (Lipinski definition) is 2. The fourth-order valence-electron chi connectivity index (χ4n) is 4.36. The summed E-state index contributed by atoms with van der Waals surface area (Å²) in [6, 6.07) is 2.06. The van der Waals surface area contributed by atoms with Crippen LogP contribution in [0, 0.1) is 5.92 Å². The van der Waals surface area contributed by atoms with Gasteiger partial charge in [-0.05, 0) is 18.4 Å². The highest BCUT2D eigenvalue weighted by molar-refractivity contribution is 5.93. The third kappa shape index (κ3) is 4.19. The number of aryl methyl sites for hydroxylation is 2. The first kappa shape index (κ1) is 19.9. The van der Waals surface area contributed by atoms with E-state index in [0.29, 0.717) is 12.5 Å². The van der Waals surface area contributed by atoms with Crippen molar-refractivity contribution in [2.75, 3.05) is 18.4 Å². The molecule has 1 aliphatic heterocycles. The molecule has 2 N–H and O–H groups in total. The summed E-state index contributed by atoms with van der Waals surface area (Å²) in [5.41, 5.74) is 2.24. The number of halogens is 1. The van der Waals surface area contributed by atoms with E-state index in [1.165, 1.54) is 32.1 Å². The lowest BCUT2D eigenvalue weighted by atomic mass is 9.87. The molecular formula is C19H29ClN6O. The van der Waals surface area contributed by atoms with Gasteiger partial charge in [-0.2, -0.15) is 10.2 Å². The van der Waals surface area contributed by atoms with Gasteiger partial charge in [-0.1, -0.05) is 19.3 Å². The predicted molar refractivity (Wildman–Crippen MR) is 107 cm³/mol.